The average Bonchev–Trinajstić information content (AvgIpc) is 3.19. The van der Waals surface area contributed by atoms with Crippen LogP contribution in [0.4, 0.5) is 5.69 Å². The number of para-hydroxylation sites is 1. The van der Waals surface area contributed by atoms with E-state index in [4.69, 9.17) is 9.84 Å². The number of phenols is 1. The van der Waals surface area contributed by atoms with Crippen molar-refractivity contribution in [2.75, 3.05) is 7.11 Å². The zero-order chi connectivity index (χ0) is 19.3. The van der Waals surface area contributed by atoms with Gasteiger partial charge in [-0.15, -0.1) is 0 Å². The standard InChI is InChI=1S/C23H19N3O2/c1-28-22-14-17(12-13-21(22)27)15-24-20-16-26(19-10-6-3-7-11-19)25-23(20)18-8-4-2-5-9-18/h2-16,27H,1H3. The molecule has 1 N–H and O–H groups in total. The number of benzene rings is 3. The number of hydrogen-bond acceptors (Lipinski definition) is 4. The van der Waals surface area contributed by atoms with Crippen LogP contribution in [0.3, 0.4) is 0 Å². The van der Waals surface area contributed by atoms with Crippen LogP contribution in [0.2, 0.25) is 0 Å². The molecule has 4 rings (SSSR count). The molecular formula is C23H19N3O2. The molecule has 138 valence electrons. The molecule has 0 atom stereocenters. The molecule has 0 unspecified atom stereocenters. The van der Waals surface area contributed by atoms with Gasteiger partial charge in [-0.2, -0.15) is 5.10 Å². The Hall–Kier alpha value is -3.86. The van der Waals surface area contributed by atoms with Crippen molar-refractivity contribution < 1.29 is 9.84 Å². The second kappa shape index (κ2) is 7.80. The molecule has 0 saturated carbocycles. The SMILES string of the molecule is COc1cc(C=Nc2cn(-c3ccccc3)nc2-c2ccccc2)ccc1O. The second-order valence-corrected chi connectivity index (χ2v) is 6.20. The van der Waals surface area contributed by atoms with Gasteiger partial charge >= 0.3 is 0 Å². The third-order valence-corrected chi connectivity index (χ3v) is 4.32. The average molecular weight is 369 g/mol. The minimum Gasteiger partial charge on any atom is -0.504 e. The number of ether oxygens (including phenoxy) is 1. The van der Waals surface area contributed by atoms with Crippen LogP contribution in [0, 0.1) is 0 Å². The highest BCUT2D eigenvalue weighted by Gasteiger charge is 2.11. The van der Waals surface area contributed by atoms with Crippen molar-refractivity contribution in [2.24, 2.45) is 4.99 Å². The van der Waals surface area contributed by atoms with E-state index in [-0.39, 0.29) is 5.75 Å². The fourth-order valence-corrected chi connectivity index (χ4v) is 2.89. The lowest BCUT2D eigenvalue weighted by Gasteiger charge is -2.03. The van der Waals surface area contributed by atoms with E-state index in [1.165, 1.54) is 7.11 Å². The Bertz CT molecular complexity index is 1100. The molecule has 0 aliphatic heterocycles. The van der Waals surface area contributed by atoms with E-state index < -0.39 is 0 Å². The number of rotatable bonds is 5. The van der Waals surface area contributed by atoms with Crippen molar-refractivity contribution in [2.45, 2.75) is 0 Å². The van der Waals surface area contributed by atoms with Crippen LogP contribution in [0.1, 0.15) is 5.56 Å². The van der Waals surface area contributed by atoms with Gasteiger partial charge in [-0.3, -0.25) is 4.99 Å². The first-order valence-electron chi connectivity index (χ1n) is 8.86. The third-order valence-electron chi connectivity index (χ3n) is 4.32. The van der Waals surface area contributed by atoms with Gasteiger partial charge in [-0.25, -0.2) is 4.68 Å². The predicted molar refractivity (Wildman–Crippen MR) is 111 cm³/mol. The van der Waals surface area contributed by atoms with Gasteiger partial charge in [0.2, 0.25) is 0 Å². The summed E-state index contributed by atoms with van der Waals surface area (Å²) in [7, 11) is 1.52. The number of aliphatic imine (C=N–C) groups is 1. The summed E-state index contributed by atoms with van der Waals surface area (Å²) in [5, 5.41) is 14.5. The van der Waals surface area contributed by atoms with Crippen molar-refractivity contribution in [3.05, 3.63) is 90.6 Å². The topological polar surface area (TPSA) is 59.6 Å². The van der Waals surface area contributed by atoms with Gasteiger partial charge in [0.25, 0.3) is 0 Å². The van der Waals surface area contributed by atoms with Crippen molar-refractivity contribution in [3.8, 4) is 28.4 Å². The summed E-state index contributed by atoms with van der Waals surface area (Å²) in [6.07, 6.45) is 3.65. The fourth-order valence-electron chi connectivity index (χ4n) is 2.89. The maximum atomic E-state index is 9.76. The Balaban J connectivity index is 1.76. The Labute approximate surface area is 163 Å². The number of nitrogens with zero attached hydrogens (tertiary/aromatic N) is 3. The molecule has 0 fully saturated rings. The van der Waals surface area contributed by atoms with Crippen LogP contribution in [0.15, 0.2) is 90.1 Å². The first-order chi connectivity index (χ1) is 13.7. The number of phenolic OH excluding ortho intramolecular Hbond substituents is 1. The Morgan fingerprint density at radius 3 is 2.39 bits per heavy atom. The summed E-state index contributed by atoms with van der Waals surface area (Å²) in [5.41, 5.74) is 4.33. The van der Waals surface area contributed by atoms with E-state index in [2.05, 4.69) is 4.99 Å². The first kappa shape index (κ1) is 17.5. The van der Waals surface area contributed by atoms with E-state index in [9.17, 15) is 5.11 Å². The molecule has 0 spiro atoms. The van der Waals surface area contributed by atoms with Crippen LogP contribution >= 0.6 is 0 Å². The quantitative estimate of drug-likeness (QED) is 0.503. The molecular weight excluding hydrogens is 350 g/mol. The fraction of sp³-hybridized carbons (Fsp3) is 0.0435. The summed E-state index contributed by atoms with van der Waals surface area (Å²) in [5.74, 6) is 0.508. The smallest absolute Gasteiger partial charge is 0.161 e. The Morgan fingerprint density at radius 2 is 1.68 bits per heavy atom. The van der Waals surface area contributed by atoms with Crippen LogP contribution in [-0.2, 0) is 0 Å². The summed E-state index contributed by atoms with van der Waals surface area (Å²) in [6, 6.07) is 25.0. The van der Waals surface area contributed by atoms with Gasteiger partial charge < -0.3 is 9.84 Å². The molecule has 0 aliphatic carbocycles. The van der Waals surface area contributed by atoms with Gasteiger partial charge in [0.05, 0.1) is 19.0 Å². The highest BCUT2D eigenvalue weighted by atomic mass is 16.5. The molecule has 4 aromatic rings. The molecule has 0 amide bonds. The van der Waals surface area contributed by atoms with E-state index >= 15 is 0 Å². The molecule has 3 aromatic carbocycles. The van der Waals surface area contributed by atoms with Crippen molar-refractivity contribution in [1.29, 1.82) is 0 Å². The Kier molecular flexibility index (Phi) is 4.89. The largest absolute Gasteiger partial charge is 0.504 e. The molecule has 1 aromatic heterocycles. The molecule has 1 heterocycles. The van der Waals surface area contributed by atoms with E-state index in [1.807, 2.05) is 71.5 Å². The normalized spacial score (nSPS) is 11.0. The molecule has 0 radical (unpaired) electrons. The van der Waals surface area contributed by atoms with Crippen LogP contribution in [0.25, 0.3) is 16.9 Å². The number of aromatic hydroxyl groups is 1. The zero-order valence-electron chi connectivity index (χ0n) is 15.4. The van der Waals surface area contributed by atoms with Gasteiger partial charge in [0.1, 0.15) is 11.4 Å². The van der Waals surface area contributed by atoms with Gasteiger partial charge in [-0.05, 0) is 35.9 Å². The number of aromatic nitrogens is 2. The first-order valence-corrected chi connectivity index (χ1v) is 8.86. The Morgan fingerprint density at radius 1 is 0.964 bits per heavy atom. The minimum atomic E-state index is 0.0986. The van der Waals surface area contributed by atoms with Crippen molar-refractivity contribution in [1.82, 2.24) is 9.78 Å². The lowest BCUT2D eigenvalue weighted by molar-refractivity contribution is 0.373. The summed E-state index contributed by atoms with van der Waals surface area (Å²) < 4.78 is 6.99. The van der Waals surface area contributed by atoms with Gasteiger partial charge in [-0.1, -0.05) is 48.5 Å². The lowest BCUT2D eigenvalue weighted by Crippen LogP contribution is -1.93. The van der Waals surface area contributed by atoms with Crippen molar-refractivity contribution >= 4 is 11.9 Å². The minimum absolute atomic E-state index is 0.0986. The van der Waals surface area contributed by atoms with Crippen LogP contribution in [0.5, 0.6) is 11.5 Å². The van der Waals surface area contributed by atoms with E-state index in [0.717, 1.165) is 28.2 Å². The highest BCUT2D eigenvalue weighted by Crippen LogP contribution is 2.31. The molecule has 28 heavy (non-hydrogen) atoms. The van der Waals surface area contributed by atoms with Crippen molar-refractivity contribution in [3.63, 3.8) is 0 Å². The predicted octanol–water partition coefficient (Wildman–Crippen LogP) is 5.00. The highest BCUT2D eigenvalue weighted by molar-refractivity contribution is 5.85. The molecule has 0 saturated heterocycles. The third kappa shape index (κ3) is 3.64. The molecule has 5 nitrogen and oxygen atoms in total. The number of methoxy groups -OCH3 is 1. The lowest BCUT2D eigenvalue weighted by atomic mass is 10.1. The van der Waals surface area contributed by atoms with Crippen LogP contribution in [-0.4, -0.2) is 28.2 Å². The van der Waals surface area contributed by atoms with E-state index in [1.54, 1.807) is 24.4 Å². The second-order valence-electron chi connectivity index (χ2n) is 6.20. The summed E-state index contributed by atoms with van der Waals surface area (Å²) >= 11 is 0. The summed E-state index contributed by atoms with van der Waals surface area (Å²) in [4.78, 5) is 4.66. The number of hydrogen-bond donors (Lipinski definition) is 1. The van der Waals surface area contributed by atoms with Gasteiger partial charge in [0.15, 0.2) is 11.5 Å². The maximum Gasteiger partial charge on any atom is 0.161 e. The van der Waals surface area contributed by atoms with Crippen LogP contribution < -0.4 is 4.74 Å². The monoisotopic (exact) mass is 369 g/mol. The molecule has 5 heteroatoms. The maximum absolute atomic E-state index is 9.76. The van der Waals surface area contributed by atoms with Gasteiger partial charge in [0, 0.05) is 11.8 Å². The molecule has 0 bridgehead atoms. The molecule has 0 aliphatic rings. The van der Waals surface area contributed by atoms with E-state index in [0.29, 0.717) is 5.75 Å². The zero-order valence-corrected chi connectivity index (χ0v) is 15.4. The summed E-state index contributed by atoms with van der Waals surface area (Å²) in [6.45, 7) is 0.